The van der Waals surface area contributed by atoms with E-state index in [2.05, 4.69) is 10.6 Å². The van der Waals surface area contributed by atoms with E-state index < -0.39 is 0 Å². The molecule has 1 aromatic heterocycles. The molecule has 1 aliphatic rings. The summed E-state index contributed by atoms with van der Waals surface area (Å²) >= 11 is 0. The zero-order chi connectivity index (χ0) is 11.4. The third kappa shape index (κ3) is 2.64. The van der Waals surface area contributed by atoms with Crippen molar-refractivity contribution in [3.63, 3.8) is 0 Å². The number of nitrogens with one attached hydrogen (secondary N) is 2. The van der Waals surface area contributed by atoms with Gasteiger partial charge in [-0.15, -0.1) is 0 Å². The van der Waals surface area contributed by atoms with Crippen molar-refractivity contribution >= 4 is 5.91 Å². The van der Waals surface area contributed by atoms with Crippen LogP contribution in [0.25, 0.3) is 0 Å². The Kier molecular flexibility index (Phi) is 3.62. The molecule has 0 radical (unpaired) electrons. The minimum absolute atomic E-state index is 0.0730. The van der Waals surface area contributed by atoms with Crippen molar-refractivity contribution in [3.05, 3.63) is 24.2 Å². The predicted octanol–water partition coefficient (Wildman–Crippen LogP) is 1.60. The van der Waals surface area contributed by atoms with Crippen molar-refractivity contribution < 1.29 is 9.21 Å². The van der Waals surface area contributed by atoms with Gasteiger partial charge in [-0.05, 0) is 38.3 Å². The average molecular weight is 222 g/mol. The molecule has 1 amide bonds. The van der Waals surface area contributed by atoms with Crippen LogP contribution in [0.5, 0.6) is 0 Å². The molecule has 2 N–H and O–H groups in total. The van der Waals surface area contributed by atoms with Gasteiger partial charge in [0.15, 0.2) is 0 Å². The number of hydrogen-bond acceptors (Lipinski definition) is 3. The lowest BCUT2D eigenvalue weighted by Crippen LogP contribution is -2.43. The molecular weight excluding hydrogens is 204 g/mol. The highest BCUT2D eigenvalue weighted by atomic mass is 16.3. The molecule has 0 saturated carbocycles. The van der Waals surface area contributed by atoms with Gasteiger partial charge in [0.25, 0.3) is 0 Å². The molecule has 1 unspecified atom stereocenters. The third-order valence-electron chi connectivity index (χ3n) is 2.96. The predicted molar refractivity (Wildman–Crippen MR) is 60.9 cm³/mol. The van der Waals surface area contributed by atoms with Gasteiger partial charge < -0.3 is 9.73 Å². The molecule has 1 saturated heterocycles. The Morgan fingerprint density at radius 3 is 3.19 bits per heavy atom. The quantitative estimate of drug-likeness (QED) is 0.816. The van der Waals surface area contributed by atoms with Crippen LogP contribution in [0.15, 0.2) is 22.8 Å². The van der Waals surface area contributed by atoms with Gasteiger partial charge in [-0.2, -0.15) is 0 Å². The molecule has 1 aromatic rings. The van der Waals surface area contributed by atoms with Gasteiger partial charge in [0.1, 0.15) is 5.76 Å². The van der Waals surface area contributed by atoms with Crippen LogP contribution in [0, 0.1) is 0 Å². The standard InChI is InChI=1S/C12H18N2O2/c1-9(11-6-4-8-16-11)14-10-5-2-3-7-13-12(10)15/h4,6,8-10,14H,2-3,5,7H2,1H3,(H,13,15)/t9-,10?/m1/s1. The summed E-state index contributed by atoms with van der Waals surface area (Å²) in [6.45, 7) is 2.81. The second-order valence-electron chi connectivity index (χ2n) is 4.24. The molecular formula is C12H18N2O2. The highest BCUT2D eigenvalue weighted by Gasteiger charge is 2.23. The van der Waals surface area contributed by atoms with Gasteiger partial charge in [-0.25, -0.2) is 0 Å². The maximum atomic E-state index is 11.7. The molecule has 4 heteroatoms. The second kappa shape index (κ2) is 5.16. The first kappa shape index (κ1) is 11.2. The third-order valence-corrected chi connectivity index (χ3v) is 2.96. The number of carbonyl (C=O) groups is 1. The van der Waals surface area contributed by atoms with Crippen molar-refractivity contribution in [1.29, 1.82) is 0 Å². The number of carbonyl (C=O) groups excluding carboxylic acids is 1. The molecule has 2 rings (SSSR count). The summed E-state index contributed by atoms with van der Waals surface area (Å²) in [4.78, 5) is 11.7. The molecule has 0 spiro atoms. The molecule has 0 aliphatic carbocycles. The fourth-order valence-electron chi connectivity index (χ4n) is 2.02. The first-order valence-electron chi connectivity index (χ1n) is 5.84. The number of rotatable bonds is 3. The second-order valence-corrected chi connectivity index (χ2v) is 4.24. The van der Waals surface area contributed by atoms with Gasteiger partial charge in [0, 0.05) is 6.54 Å². The fraction of sp³-hybridized carbons (Fsp3) is 0.583. The topological polar surface area (TPSA) is 54.3 Å². The summed E-state index contributed by atoms with van der Waals surface area (Å²) < 4.78 is 5.31. The summed E-state index contributed by atoms with van der Waals surface area (Å²) in [5.41, 5.74) is 0. The van der Waals surface area contributed by atoms with Crippen molar-refractivity contribution in [1.82, 2.24) is 10.6 Å². The normalized spacial score (nSPS) is 23.6. The summed E-state index contributed by atoms with van der Waals surface area (Å²) in [7, 11) is 0. The van der Waals surface area contributed by atoms with Crippen molar-refractivity contribution in [2.75, 3.05) is 6.54 Å². The number of furan rings is 1. The summed E-state index contributed by atoms with van der Waals surface area (Å²) in [5, 5.41) is 6.22. The summed E-state index contributed by atoms with van der Waals surface area (Å²) in [6, 6.07) is 3.76. The Bertz CT molecular complexity index is 335. The van der Waals surface area contributed by atoms with E-state index >= 15 is 0 Å². The molecule has 88 valence electrons. The van der Waals surface area contributed by atoms with E-state index in [9.17, 15) is 4.79 Å². The van der Waals surface area contributed by atoms with E-state index in [1.54, 1.807) is 6.26 Å². The Balaban J connectivity index is 1.94. The number of hydrogen-bond donors (Lipinski definition) is 2. The van der Waals surface area contributed by atoms with E-state index in [0.717, 1.165) is 31.6 Å². The van der Waals surface area contributed by atoms with Gasteiger partial charge in [0.2, 0.25) is 5.91 Å². The maximum absolute atomic E-state index is 11.7. The Hall–Kier alpha value is -1.29. The van der Waals surface area contributed by atoms with E-state index in [0.29, 0.717) is 0 Å². The van der Waals surface area contributed by atoms with Gasteiger partial charge in [0.05, 0.1) is 18.3 Å². The van der Waals surface area contributed by atoms with E-state index in [-0.39, 0.29) is 18.0 Å². The Labute approximate surface area is 95.4 Å². The van der Waals surface area contributed by atoms with Crippen LogP contribution in [0.1, 0.15) is 38.0 Å². The van der Waals surface area contributed by atoms with E-state index in [1.165, 1.54) is 0 Å². The molecule has 4 nitrogen and oxygen atoms in total. The van der Waals surface area contributed by atoms with Crippen LogP contribution in [0.3, 0.4) is 0 Å². The highest BCUT2D eigenvalue weighted by Crippen LogP contribution is 2.15. The lowest BCUT2D eigenvalue weighted by molar-refractivity contribution is -0.123. The van der Waals surface area contributed by atoms with Crippen LogP contribution in [-0.4, -0.2) is 18.5 Å². The first-order valence-corrected chi connectivity index (χ1v) is 5.84. The van der Waals surface area contributed by atoms with Crippen molar-refractivity contribution in [2.45, 2.75) is 38.3 Å². The summed E-state index contributed by atoms with van der Waals surface area (Å²) in [6.07, 6.45) is 4.71. The van der Waals surface area contributed by atoms with Crippen molar-refractivity contribution in [3.8, 4) is 0 Å². The first-order chi connectivity index (χ1) is 7.77. The zero-order valence-electron chi connectivity index (χ0n) is 9.53. The Morgan fingerprint density at radius 1 is 1.56 bits per heavy atom. The van der Waals surface area contributed by atoms with Gasteiger partial charge in [-0.1, -0.05) is 0 Å². The summed E-state index contributed by atoms with van der Waals surface area (Å²) in [5.74, 6) is 0.980. The number of amides is 1. The van der Waals surface area contributed by atoms with Crippen LogP contribution >= 0.6 is 0 Å². The van der Waals surface area contributed by atoms with Crippen LogP contribution in [-0.2, 0) is 4.79 Å². The molecule has 0 bridgehead atoms. The molecule has 1 fully saturated rings. The monoisotopic (exact) mass is 222 g/mol. The molecule has 2 atom stereocenters. The largest absolute Gasteiger partial charge is 0.468 e. The van der Waals surface area contributed by atoms with E-state index in [1.807, 2.05) is 19.1 Å². The maximum Gasteiger partial charge on any atom is 0.237 e. The Morgan fingerprint density at radius 2 is 2.44 bits per heavy atom. The van der Waals surface area contributed by atoms with Gasteiger partial charge in [-0.3, -0.25) is 10.1 Å². The van der Waals surface area contributed by atoms with Crippen LogP contribution < -0.4 is 10.6 Å². The average Bonchev–Trinajstić information content (AvgIpc) is 2.73. The highest BCUT2D eigenvalue weighted by molar-refractivity contribution is 5.81. The minimum Gasteiger partial charge on any atom is -0.468 e. The lowest BCUT2D eigenvalue weighted by atomic mass is 10.1. The molecule has 1 aliphatic heterocycles. The van der Waals surface area contributed by atoms with Crippen LogP contribution in [0.4, 0.5) is 0 Å². The minimum atomic E-state index is -0.0948. The van der Waals surface area contributed by atoms with Gasteiger partial charge >= 0.3 is 0 Å². The van der Waals surface area contributed by atoms with Crippen LogP contribution in [0.2, 0.25) is 0 Å². The fourth-order valence-corrected chi connectivity index (χ4v) is 2.02. The molecule has 0 aromatic carbocycles. The lowest BCUT2D eigenvalue weighted by Gasteiger charge is -2.19. The molecule has 2 heterocycles. The van der Waals surface area contributed by atoms with Crippen molar-refractivity contribution in [2.24, 2.45) is 0 Å². The smallest absolute Gasteiger partial charge is 0.237 e. The molecule has 16 heavy (non-hydrogen) atoms. The van der Waals surface area contributed by atoms with E-state index in [4.69, 9.17) is 4.42 Å². The SMILES string of the molecule is C[C@@H](NC1CCCCNC1=O)c1ccco1. The zero-order valence-corrected chi connectivity index (χ0v) is 9.53.